The summed E-state index contributed by atoms with van der Waals surface area (Å²) in [5, 5.41) is 1.34. The molecule has 0 saturated carbocycles. The van der Waals surface area contributed by atoms with E-state index in [0.29, 0.717) is 0 Å². The van der Waals surface area contributed by atoms with Gasteiger partial charge in [0.2, 0.25) is 0 Å². The number of hydrogen-bond acceptors (Lipinski definition) is 0. The predicted molar refractivity (Wildman–Crippen MR) is 35.4 cm³/mol. The average molecular weight is 90.1 g/mol. The number of hydrogen-bond donors (Lipinski definition) is 0. The minimum absolute atomic E-state index is 1.34. The molecular weight excluding hydrogens is 79.0 g/mol. The van der Waals surface area contributed by atoms with Crippen molar-refractivity contribution < 1.29 is 0 Å². The Hall–Kier alpha value is 0.157. The molecule has 0 rings (SSSR count). The Morgan fingerprint density at radius 3 is 1.86 bits per heavy atom. The van der Waals surface area contributed by atoms with Gasteiger partial charge in [-0.25, -0.2) is 0 Å². The summed E-state index contributed by atoms with van der Waals surface area (Å²) >= 11 is 2.21. The van der Waals surface area contributed by atoms with Gasteiger partial charge >= 0.3 is 42.6 Å². The van der Waals surface area contributed by atoms with Crippen LogP contribution in [-0.2, 0) is 0 Å². The molecule has 7 heavy (non-hydrogen) atoms. The Morgan fingerprint density at radius 1 is 1.43 bits per heavy atom. The molecule has 0 heterocycles. The van der Waals surface area contributed by atoms with Gasteiger partial charge in [-0.15, -0.1) is 12.8 Å². The number of terminal acetylenes is 1. The molecule has 0 aromatic rings. The van der Waals surface area contributed by atoms with Crippen LogP contribution in [0.5, 0.6) is 0 Å². The molecule has 0 amide bonds. The van der Waals surface area contributed by atoms with Crippen molar-refractivity contribution in [2.75, 3.05) is 0 Å². The van der Waals surface area contributed by atoms with E-state index in [1.54, 1.807) is 0 Å². The molecule has 0 aromatic carbocycles. The molecule has 0 radical (unpaired) electrons. The zero-order valence-corrected chi connectivity index (χ0v) is 5.28. The third-order valence-electron chi connectivity index (χ3n) is 0.707. The maximum atomic E-state index is 4.00. The Morgan fingerprint density at radius 2 is 1.86 bits per heavy atom. The van der Waals surface area contributed by atoms with Crippen molar-refractivity contribution in [3.05, 3.63) is 0 Å². The number of unbranched alkanes of at least 4 members (excludes halogenated alkanes) is 1. The predicted octanol–water partition coefficient (Wildman–Crippen LogP) is 1.62. The van der Waals surface area contributed by atoms with Gasteiger partial charge in [0.15, 0.2) is 0 Å². The van der Waals surface area contributed by atoms with Gasteiger partial charge in [0, 0.05) is 0 Å². The normalized spacial score (nSPS) is 6.43. The molecule has 0 aliphatic rings. The molecule has 36 valence electrons. The van der Waals surface area contributed by atoms with Gasteiger partial charge < -0.3 is 0 Å². The summed E-state index contributed by atoms with van der Waals surface area (Å²) in [5.74, 6) is 0. The minimum atomic E-state index is 1.34. The molecule has 0 fully saturated rings. The first-order chi connectivity index (χ1) is 3.41. The van der Waals surface area contributed by atoms with Gasteiger partial charge in [-0.2, -0.15) is 0 Å². The van der Waals surface area contributed by atoms with Crippen LogP contribution < -0.4 is 0 Å². The van der Waals surface area contributed by atoms with Crippen LogP contribution in [0.2, 0.25) is 5.09 Å². The van der Waals surface area contributed by atoms with E-state index in [4.69, 9.17) is 0 Å². The van der Waals surface area contributed by atoms with Gasteiger partial charge in [-0.05, 0) is 0 Å². The Kier molecular flexibility index (Phi) is 23.9. The zero-order valence-electron chi connectivity index (χ0n) is 5.28. The van der Waals surface area contributed by atoms with Crippen LogP contribution in [0.25, 0.3) is 0 Å². The van der Waals surface area contributed by atoms with E-state index in [0.717, 1.165) is 0 Å². The Labute approximate surface area is 55.9 Å². The fourth-order valence-corrected chi connectivity index (χ4v) is 0.354. The van der Waals surface area contributed by atoms with E-state index in [2.05, 4.69) is 37.5 Å². The molecular formula is C6H11Li. The average Bonchev–Trinajstić information content (AvgIpc) is 1.75. The number of rotatable bonds is 2. The summed E-state index contributed by atoms with van der Waals surface area (Å²) in [6.07, 6.45) is 10.7. The molecule has 0 saturated heterocycles. The third-order valence-corrected chi connectivity index (χ3v) is 0.707. The zero-order chi connectivity index (χ0) is 6.12. The summed E-state index contributed by atoms with van der Waals surface area (Å²) in [7, 11) is 0. The molecule has 0 atom stereocenters. The second-order valence-corrected chi connectivity index (χ2v) is 1.35. The van der Waals surface area contributed by atoms with Gasteiger partial charge in [0.25, 0.3) is 0 Å². The van der Waals surface area contributed by atoms with E-state index in [9.17, 15) is 0 Å². The van der Waals surface area contributed by atoms with Crippen molar-refractivity contribution in [1.82, 2.24) is 0 Å². The fourth-order valence-electron chi connectivity index (χ4n) is 0.354. The quantitative estimate of drug-likeness (QED) is 0.357. The van der Waals surface area contributed by atoms with Crippen LogP contribution in [0.1, 0.15) is 19.8 Å². The Balaban J connectivity index is 0. The Bertz CT molecular complexity index is 28.4. The molecule has 0 aliphatic carbocycles. The van der Waals surface area contributed by atoms with Crippen LogP contribution in [-0.4, -0.2) is 17.7 Å². The van der Waals surface area contributed by atoms with E-state index in [1.165, 1.54) is 17.9 Å². The molecule has 0 aliphatic heterocycles. The van der Waals surface area contributed by atoms with Crippen LogP contribution in [0.3, 0.4) is 0 Å². The van der Waals surface area contributed by atoms with E-state index < -0.39 is 0 Å². The van der Waals surface area contributed by atoms with Crippen LogP contribution in [0.15, 0.2) is 0 Å². The third kappa shape index (κ3) is 22.9. The SMILES string of the molecule is C#C.[Li][CH2]CCC. The second-order valence-electron chi connectivity index (χ2n) is 1.35. The summed E-state index contributed by atoms with van der Waals surface area (Å²) < 4.78 is 0. The van der Waals surface area contributed by atoms with Gasteiger partial charge in [-0.1, -0.05) is 0 Å². The topological polar surface area (TPSA) is 0 Å². The summed E-state index contributed by atoms with van der Waals surface area (Å²) in [5.41, 5.74) is 0. The fraction of sp³-hybridized carbons (Fsp3) is 0.667. The molecule has 0 unspecified atom stereocenters. The van der Waals surface area contributed by atoms with E-state index in [1.807, 2.05) is 0 Å². The van der Waals surface area contributed by atoms with Crippen molar-refractivity contribution in [1.29, 1.82) is 0 Å². The molecule has 0 bridgehead atoms. The summed E-state index contributed by atoms with van der Waals surface area (Å²) in [4.78, 5) is 0. The summed E-state index contributed by atoms with van der Waals surface area (Å²) in [6.45, 7) is 2.21. The van der Waals surface area contributed by atoms with Gasteiger partial charge in [0.05, 0.1) is 0 Å². The van der Waals surface area contributed by atoms with Crippen molar-refractivity contribution >= 4 is 17.7 Å². The monoisotopic (exact) mass is 90.1 g/mol. The first-order valence-electron chi connectivity index (χ1n) is 2.75. The van der Waals surface area contributed by atoms with Crippen LogP contribution in [0, 0.1) is 12.8 Å². The van der Waals surface area contributed by atoms with Crippen molar-refractivity contribution in [2.24, 2.45) is 0 Å². The van der Waals surface area contributed by atoms with Crippen LogP contribution in [0.4, 0.5) is 0 Å². The van der Waals surface area contributed by atoms with Crippen molar-refractivity contribution in [3.8, 4) is 12.8 Å². The molecule has 0 spiro atoms. The second kappa shape index (κ2) is 16.4. The first kappa shape index (κ1) is 10.2. The summed E-state index contributed by atoms with van der Waals surface area (Å²) in [6, 6.07) is 0. The van der Waals surface area contributed by atoms with Gasteiger partial charge in [0.1, 0.15) is 0 Å². The van der Waals surface area contributed by atoms with Crippen molar-refractivity contribution in [2.45, 2.75) is 24.9 Å². The molecule has 0 aromatic heterocycles. The maximum absolute atomic E-state index is 4.00. The van der Waals surface area contributed by atoms with Crippen LogP contribution >= 0.6 is 0 Å². The first-order valence-corrected chi connectivity index (χ1v) is 2.75. The van der Waals surface area contributed by atoms with Gasteiger partial charge in [-0.3, -0.25) is 0 Å². The van der Waals surface area contributed by atoms with E-state index >= 15 is 0 Å². The van der Waals surface area contributed by atoms with Crippen molar-refractivity contribution in [3.63, 3.8) is 0 Å². The molecule has 1 heteroatoms. The molecule has 0 nitrogen and oxygen atoms in total. The molecule has 0 N–H and O–H groups in total. The van der Waals surface area contributed by atoms with E-state index in [-0.39, 0.29) is 0 Å². The standard InChI is InChI=1S/C4H9.C2H2.Li/c1-3-4-2;1-2;/h1,3-4H2,2H3;1-2H;.